The van der Waals surface area contributed by atoms with Crippen molar-refractivity contribution >= 4 is 17.6 Å². The van der Waals surface area contributed by atoms with Gasteiger partial charge in [-0.25, -0.2) is 4.79 Å². The third kappa shape index (κ3) is 6.33. The minimum atomic E-state index is -0.0885. The third-order valence-electron chi connectivity index (χ3n) is 7.27. The Morgan fingerprint density at radius 1 is 1.00 bits per heavy atom. The molecule has 2 aromatic rings. The molecule has 0 saturated carbocycles. The minimum Gasteiger partial charge on any atom is -0.490 e. The molecule has 1 N–H and O–H groups in total. The molecule has 3 fully saturated rings. The van der Waals surface area contributed by atoms with E-state index in [0.717, 1.165) is 70.2 Å². The second kappa shape index (κ2) is 11.7. The smallest absolute Gasteiger partial charge is 0.321 e. The van der Waals surface area contributed by atoms with Gasteiger partial charge in [-0.05, 0) is 35.9 Å². The van der Waals surface area contributed by atoms with Crippen LogP contribution in [0.15, 0.2) is 48.8 Å². The number of morpholine rings is 1. The van der Waals surface area contributed by atoms with Gasteiger partial charge < -0.3 is 24.6 Å². The first kappa shape index (κ1) is 24.5. The molecule has 5 rings (SSSR count). The van der Waals surface area contributed by atoms with Crippen LogP contribution in [-0.2, 0) is 9.53 Å². The quantitative estimate of drug-likeness (QED) is 0.638. The number of hydrogen-bond donors (Lipinski definition) is 1. The van der Waals surface area contributed by atoms with Gasteiger partial charge >= 0.3 is 6.03 Å². The first-order valence-corrected chi connectivity index (χ1v) is 12.9. The van der Waals surface area contributed by atoms with Gasteiger partial charge in [-0.3, -0.25) is 14.7 Å². The van der Waals surface area contributed by atoms with Gasteiger partial charge in [0, 0.05) is 89.1 Å². The molecule has 1 aromatic heterocycles. The molecule has 0 spiro atoms. The summed E-state index contributed by atoms with van der Waals surface area (Å²) in [7, 11) is 0. The number of carbonyl (C=O) groups excluding carboxylic acids is 2. The summed E-state index contributed by atoms with van der Waals surface area (Å²) in [5.41, 5.74) is 1.92. The molecule has 0 unspecified atom stereocenters. The fraction of sp³-hybridized carbons (Fsp3) is 0.519. The molecule has 3 aliphatic rings. The van der Waals surface area contributed by atoms with Crippen LogP contribution in [0.25, 0.3) is 0 Å². The summed E-state index contributed by atoms with van der Waals surface area (Å²) in [6, 6.07) is 11.4. The summed E-state index contributed by atoms with van der Waals surface area (Å²) in [5, 5.41) is 2.96. The van der Waals surface area contributed by atoms with Crippen molar-refractivity contribution in [3.63, 3.8) is 0 Å². The van der Waals surface area contributed by atoms with Gasteiger partial charge in [-0.1, -0.05) is 6.07 Å². The van der Waals surface area contributed by atoms with Crippen LogP contribution in [0.5, 0.6) is 5.75 Å². The minimum absolute atomic E-state index is 0.0885. The maximum atomic E-state index is 12.6. The molecule has 3 aliphatic heterocycles. The maximum Gasteiger partial charge on any atom is 0.321 e. The molecule has 0 bridgehead atoms. The third-order valence-corrected chi connectivity index (χ3v) is 7.27. The Hall–Kier alpha value is -3.17. The van der Waals surface area contributed by atoms with Crippen LogP contribution in [0.2, 0.25) is 0 Å². The highest BCUT2D eigenvalue weighted by Crippen LogP contribution is 2.27. The Bertz CT molecular complexity index is 999. The SMILES string of the molecule is O=C(CCN1CCOCC1)N1CCC(Oc2ccc(NC(=O)N3CC(c4cccnc4)C3)cc2)CC1. The van der Waals surface area contributed by atoms with Gasteiger partial charge in [-0.2, -0.15) is 0 Å². The van der Waals surface area contributed by atoms with E-state index in [1.165, 1.54) is 5.56 Å². The van der Waals surface area contributed by atoms with Crippen molar-refractivity contribution in [1.29, 1.82) is 0 Å². The number of rotatable bonds is 7. The van der Waals surface area contributed by atoms with E-state index in [1.807, 2.05) is 41.4 Å². The van der Waals surface area contributed by atoms with E-state index in [9.17, 15) is 9.59 Å². The van der Waals surface area contributed by atoms with Gasteiger partial charge in [0.2, 0.25) is 5.91 Å². The van der Waals surface area contributed by atoms with E-state index < -0.39 is 0 Å². The highest BCUT2D eigenvalue weighted by atomic mass is 16.5. The van der Waals surface area contributed by atoms with E-state index in [0.29, 0.717) is 25.4 Å². The van der Waals surface area contributed by atoms with Crippen LogP contribution < -0.4 is 10.1 Å². The molecule has 9 nitrogen and oxygen atoms in total. The van der Waals surface area contributed by atoms with Crippen molar-refractivity contribution in [1.82, 2.24) is 19.7 Å². The number of aromatic nitrogens is 1. The van der Waals surface area contributed by atoms with E-state index in [2.05, 4.69) is 21.3 Å². The van der Waals surface area contributed by atoms with Gasteiger partial charge in [0.15, 0.2) is 0 Å². The molecule has 0 aliphatic carbocycles. The zero-order chi connectivity index (χ0) is 24.7. The fourth-order valence-corrected chi connectivity index (χ4v) is 4.94. The highest BCUT2D eigenvalue weighted by Gasteiger charge is 2.32. The Morgan fingerprint density at radius 2 is 1.75 bits per heavy atom. The number of anilines is 1. The van der Waals surface area contributed by atoms with Crippen LogP contribution in [0, 0.1) is 0 Å². The second-order valence-corrected chi connectivity index (χ2v) is 9.74. The number of likely N-dealkylation sites (tertiary alicyclic amines) is 2. The average Bonchev–Trinajstić information content (AvgIpc) is 2.89. The van der Waals surface area contributed by atoms with Crippen molar-refractivity contribution in [2.75, 3.05) is 64.3 Å². The Labute approximate surface area is 212 Å². The lowest BCUT2D eigenvalue weighted by molar-refractivity contribution is -0.133. The van der Waals surface area contributed by atoms with Gasteiger partial charge in [-0.15, -0.1) is 0 Å². The predicted molar refractivity (Wildman–Crippen MR) is 136 cm³/mol. The maximum absolute atomic E-state index is 12.6. The van der Waals surface area contributed by atoms with Gasteiger partial charge in [0.1, 0.15) is 11.9 Å². The van der Waals surface area contributed by atoms with E-state index >= 15 is 0 Å². The number of nitrogens with zero attached hydrogens (tertiary/aromatic N) is 4. The van der Waals surface area contributed by atoms with Crippen molar-refractivity contribution in [2.24, 2.45) is 0 Å². The number of amides is 3. The average molecular weight is 494 g/mol. The molecule has 1 aromatic carbocycles. The number of piperidine rings is 1. The predicted octanol–water partition coefficient (Wildman–Crippen LogP) is 2.80. The molecular weight excluding hydrogens is 458 g/mol. The first-order valence-electron chi connectivity index (χ1n) is 12.9. The normalized spacial score (nSPS) is 19.6. The summed E-state index contributed by atoms with van der Waals surface area (Å²) in [4.78, 5) is 35.3. The number of urea groups is 1. The Kier molecular flexibility index (Phi) is 7.98. The summed E-state index contributed by atoms with van der Waals surface area (Å²) in [6.45, 7) is 7.02. The van der Waals surface area contributed by atoms with E-state index in [4.69, 9.17) is 9.47 Å². The van der Waals surface area contributed by atoms with Gasteiger partial charge in [0.05, 0.1) is 13.2 Å². The van der Waals surface area contributed by atoms with Crippen molar-refractivity contribution in [2.45, 2.75) is 31.3 Å². The van der Waals surface area contributed by atoms with Crippen molar-refractivity contribution in [3.05, 3.63) is 54.4 Å². The number of ether oxygens (including phenoxy) is 2. The molecule has 9 heteroatoms. The molecule has 4 heterocycles. The van der Waals surface area contributed by atoms with Crippen molar-refractivity contribution in [3.8, 4) is 5.75 Å². The van der Waals surface area contributed by atoms with Crippen LogP contribution in [0.4, 0.5) is 10.5 Å². The summed E-state index contributed by atoms with van der Waals surface area (Å²) >= 11 is 0. The highest BCUT2D eigenvalue weighted by molar-refractivity contribution is 5.90. The van der Waals surface area contributed by atoms with E-state index in [1.54, 1.807) is 11.1 Å². The zero-order valence-electron chi connectivity index (χ0n) is 20.7. The molecule has 0 atom stereocenters. The molecule has 36 heavy (non-hydrogen) atoms. The fourth-order valence-electron chi connectivity index (χ4n) is 4.94. The Morgan fingerprint density at radius 3 is 2.44 bits per heavy atom. The number of nitrogens with one attached hydrogen (secondary N) is 1. The summed E-state index contributed by atoms with van der Waals surface area (Å²) < 4.78 is 11.5. The summed E-state index contributed by atoms with van der Waals surface area (Å²) in [5.74, 6) is 1.37. The topological polar surface area (TPSA) is 87.2 Å². The summed E-state index contributed by atoms with van der Waals surface area (Å²) in [6.07, 6.45) is 5.95. The van der Waals surface area contributed by atoms with E-state index in [-0.39, 0.29) is 18.0 Å². The number of carbonyl (C=O) groups is 2. The molecule has 0 radical (unpaired) electrons. The van der Waals surface area contributed by atoms with Crippen LogP contribution in [0.1, 0.15) is 30.7 Å². The van der Waals surface area contributed by atoms with Crippen LogP contribution in [-0.4, -0.2) is 96.8 Å². The lowest BCUT2D eigenvalue weighted by Gasteiger charge is -2.39. The molecule has 3 amide bonds. The number of hydrogen-bond acceptors (Lipinski definition) is 6. The van der Waals surface area contributed by atoms with Gasteiger partial charge in [0.25, 0.3) is 0 Å². The van der Waals surface area contributed by atoms with Crippen molar-refractivity contribution < 1.29 is 19.1 Å². The largest absolute Gasteiger partial charge is 0.490 e. The monoisotopic (exact) mass is 493 g/mol. The second-order valence-electron chi connectivity index (χ2n) is 9.74. The number of benzene rings is 1. The van der Waals surface area contributed by atoms with Crippen LogP contribution >= 0.6 is 0 Å². The molecule has 192 valence electrons. The lowest BCUT2D eigenvalue weighted by Crippen LogP contribution is -2.50. The number of pyridine rings is 1. The molecular formula is C27H35N5O4. The van der Waals surface area contributed by atoms with Crippen LogP contribution in [0.3, 0.4) is 0 Å². The lowest BCUT2D eigenvalue weighted by atomic mass is 9.93. The zero-order valence-corrected chi connectivity index (χ0v) is 20.7. The molecule has 3 saturated heterocycles. The standard InChI is InChI=1S/C27H35N5O4/c33-26(9-11-30-14-16-35-17-15-30)31-12-7-25(8-13-31)36-24-5-3-23(4-6-24)29-27(34)32-19-22(20-32)21-2-1-10-28-18-21/h1-6,10,18,22,25H,7-9,11-17,19-20H2,(H,29,34). The first-order chi connectivity index (χ1) is 17.6. The Balaban J connectivity index is 1.00.